The number of piperidine rings is 1. The van der Waals surface area contributed by atoms with Crippen LogP contribution in [0.15, 0.2) is 0 Å². The average molecular weight is 258 g/mol. The van der Waals surface area contributed by atoms with Crippen molar-refractivity contribution in [2.24, 2.45) is 11.8 Å². The number of nitrogens with one attached hydrogen (secondary N) is 2. The summed E-state index contributed by atoms with van der Waals surface area (Å²) in [4.78, 5) is 12.2. The fourth-order valence-corrected chi connectivity index (χ4v) is 3.21. The van der Waals surface area contributed by atoms with Crippen LogP contribution in [0.5, 0.6) is 0 Å². The molecular weight excluding hydrogens is 232 g/mol. The second-order valence-electron chi connectivity index (χ2n) is 5.21. The molecule has 4 heteroatoms. The zero-order chi connectivity index (χ0) is 12.8. The number of carbonyl (C=O) groups is 1. The quantitative estimate of drug-likeness (QED) is 0.791. The van der Waals surface area contributed by atoms with Crippen molar-refractivity contribution in [2.75, 3.05) is 18.8 Å². The SMILES string of the molecule is CCSC(C(=O)NC1CCNCC1C)C(C)C. The summed E-state index contributed by atoms with van der Waals surface area (Å²) >= 11 is 1.75. The van der Waals surface area contributed by atoms with Crippen molar-refractivity contribution in [1.29, 1.82) is 0 Å². The van der Waals surface area contributed by atoms with Crippen molar-refractivity contribution in [2.45, 2.75) is 45.4 Å². The first kappa shape index (κ1) is 14.8. The lowest BCUT2D eigenvalue weighted by atomic mass is 9.95. The third-order valence-electron chi connectivity index (χ3n) is 3.32. The van der Waals surface area contributed by atoms with Crippen LogP contribution in [0.1, 0.15) is 34.1 Å². The lowest BCUT2D eigenvalue weighted by Crippen LogP contribution is -2.51. The van der Waals surface area contributed by atoms with Gasteiger partial charge in [0.25, 0.3) is 0 Å². The molecule has 0 bridgehead atoms. The number of rotatable bonds is 5. The molecule has 1 heterocycles. The molecule has 100 valence electrons. The molecule has 1 rings (SSSR count). The van der Waals surface area contributed by atoms with Crippen LogP contribution in [-0.4, -0.2) is 36.0 Å². The molecule has 0 aromatic carbocycles. The van der Waals surface area contributed by atoms with Gasteiger partial charge in [-0.15, -0.1) is 11.8 Å². The first-order valence-electron chi connectivity index (χ1n) is 6.69. The zero-order valence-corrected chi connectivity index (χ0v) is 12.3. The number of hydrogen-bond donors (Lipinski definition) is 2. The van der Waals surface area contributed by atoms with Gasteiger partial charge in [0, 0.05) is 6.04 Å². The smallest absolute Gasteiger partial charge is 0.233 e. The Morgan fingerprint density at radius 2 is 2.24 bits per heavy atom. The summed E-state index contributed by atoms with van der Waals surface area (Å²) in [6, 6.07) is 0.349. The molecule has 1 aliphatic rings. The lowest BCUT2D eigenvalue weighted by molar-refractivity contribution is -0.122. The minimum Gasteiger partial charge on any atom is -0.352 e. The summed E-state index contributed by atoms with van der Waals surface area (Å²) in [6.45, 7) is 10.6. The van der Waals surface area contributed by atoms with Crippen molar-refractivity contribution < 1.29 is 4.79 Å². The summed E-state index contributed by atoms with van der Waals surface area (Å²) in [5.74, 6) is 2.16. The van der Waals surface area contributed by atoms with Crippen LogP contribution in [0.25, 0.3) is 0 Å². The Kier molecular flexibility index (Phi) is 6.34. The van der Waals surface area contributed by atoms with Gasteiger partial charge < -0.3 is 10.6 Å². The van der Waals surface area contributed by atoms with Gasteiger partial charge in [0.05, 0.1) is 5.25 Å². The summed E-state index contributed by atoms with van der Waals surface area (Å²) in [6.07, 6.45) is 1.05. The molecule has 3 nitrogen and oxygen atoms in total. The fourth-order valence-electron chi connectivity index (χ4n) is 2.24. The van der Waals surface area contributed by atoms with Gasteiger partial charge in [0.2, 0.25) is 5.91 Å². The Labute approximate surface area is 109 Å². The molecule has 0 radical (unpaired) electrons. The van der Waals surface area contributed by atoms with Crippen molar-refractivity contribution in [3.05, 3.63) is 0 Å². The summed E-state index contributed by atoms with van der Waals surface area (Å²) in [7, 11) is 0. The Morgan fingerprint density at radius 1 is 1.53 bits per heavy atom. The Balaban J connectivity index is 2.50. The Hall–Kier alpha value is -0.220. The molecule has 0 aromatic heterocycles. The van der Waals surface area contributed by atoms with Crippen molar-refractivity contribution in [3.63, 3.8) is 0 Å². The van der Waals surface area contributed by atoms with Gasteiger partial charge in [-0.2, -0.15) is 0 Å². The summed E-state index contributed by atoms with van der Waals surface area (Å²) < 4.78 is 0. The highest BCUT2D eigenvalue weighted by molar-refractivity contribution is 8.00. The highest BCUT2D eigenvalue weighted by atomic mass is 32.2. The maximum Gasteiger partial charge on any atom is 0.233 e. The number of thioether (sulfide) groups is 1. The molecule has 1 aliphatic heterocycles. The van der Waals surface area contributed by atoms with Gasteiger partial charge >= 0.3 is 0 Å². The summed E-state index contributed by atoms with van der Waals surface area (Å²) in [5, 5.41) is 6.69. The van der Waals surface area contributed by atoms with E-state index < -0.39 is 0 Å². The van der Waals surface area contributed by atoms with Gasteiger partial charge in [0.1, 0.15) is 0 Å². The molecule has 1 saturated heterocycles. The van der Waals surface area contributed by atoms with Crippen molar-refractivity contribution in [1.82, 2.24) is 10.6 Å². The predicted molar refractivity (Wildman–Crippen MR) is 75.3 cm³/mol. The zero-order valence-electron chi connectivity index (χ0n) is 11.5. The van der Waals surface area contributed by atoms with Crippen LogP contribution in [0.3, 0.4) is 0 Å². The average Bonchev–Trinajstić information content (AvgIpc) is 2.28. The van der Waals surface area contributed by atoms with Crippen molar-refractivity contribution in [3.8, 4) is 0 Å². The molecule has 0 saturated carbocycles. The van der Waals surface area contributed by atoms with Crippen LogP contribution >= 0.6 is 11.8 Å². The van der Waals surface area contributed by atoms with E-state index in [2.05, 4.69) is 38.3 Å². The standard InChI is InChI=1S/C13H26N2OS/c1-5-17-12(9(2)3)13(16)15-11-6-7-14-8-10(11)4/h9-12,14H,5-8H2,1-4H3,(H,15,16). The molecule has 2 N–H and O–H groups in total. The summed E-state index contributed by atoms with van der Waals surface area (Å²) in [5.41, 5.74) is 0. The number of carbonyl (C=O) groups excluding carboxylic acids is 1. The van der Waals surface area contributed by atoms with Gasteiger partial charge in [-0.05, 0) is 37.1 Å². The van der Waals surface area contributed by atoms with E-state index in [9.17, 15) is 4.79 Å². The highest BCUT2D eigenvalue weighted by Crippen LogP contribution is 2.20. The highest BCUT2D eigenvalue weighted by Gasteiger charge is 2.27. The maximum absolute atomic E-state index is 12.2. The van der Waals surface area contributed by atoms with E-state index in [-0.39, 0.29) is 11.2 Å². The van der Waals surface area contributed by atoms with E-state index in [4.69, 9.17) is 0 Å². The third-order valence-corrected chi connectivity index (χ3v) is 4.77. The van der Waals surface area contributed by atoms with Gasteiger partial charge in [0.15, 0.2) is 0 Å². The van der Waals surface area contributed by atoms with Crippen LogP contribution in [0, 0.1) is 11.8 Å². The molecule has 0 aromatic rings. The fraction of sp³-hybridized carbons (Fsp3) is 0.923. The first-order valence-corrected chi connectivity index (χ1v) is 7.73. The van der Waals surface area contributed by atoms with Crippen LogP contribution in [0.4, 0.5) is 0 Å². The molecule has 3 atom stereocenters. The lowest BCUT2D eigenvalue weighted by Gasteiger charge is -2.32. The monoisotopic (exact) mass is 258 g/mol. The van der Waals surface area contributed by atoms with E-state index in [1.807, 2.05) is 0 Å². The van der Waals surface area contributed by atoms with Crippen LogP contribution in [0.2, 0.25) is 0 Å². The van der Waals surface area contributed by atoms with Gasteiger partial charge in [-0.25, -0.2) is 0 Å². The first-order chi connectivity index (χ1) is 8.06. The van der Waals surface area contributed by atoms with Crippen LogP contribution < -0.4 is 10.6 Å². The molecule has 1 amide bonds. The largest absolute Gasteiger partial charge is 0.352 e. The minimum atomic E-state index is 0.0992. The van der Waals surface area contributed by atoms with Crippen LogP contribution in [-0.2, 0) is 4.79 Å². The minimum absolute atomic E-state index is 0.0992. The molecule has 1 fully saturated rings. The molecule has 17 heavy (non-hydrogen) atoms. The molecule has 0 aliphatic carbocycles. The van der Waals surface area contributed by atoms with E-state index >= 15 is 0 Å². The second-order valence-corrected chi connectivity index (χ2v) is 6.62. The molecular formula is C13H26N2OS. The van der Waals surface area contributed by atoms with Gasteiger partial charge in [-0.1, -0.05) is 27.7 Å². The molecule has 0 spiro atoms. The Morgan fingerprint density at radius 3 is 2.76 bits per heavy atom. The second kappa shape index (κ2) is 7.27. The van der Waals surface area contributed by atoms with Crippen molar-refractivity contribution >= 4 is 17.7 Å². The van der Waals surface area contributed by atoms with E-state index in [0.29, 0.717) is 17.9 Å². The van der Waals surface area contributed by atoms with Gasteiger partial charge in [-0.3, -0.25) is 4.79 Å². The normalized spacial score (nSPS) is 26.9. The number of hydrogen-bond acceptors (Lipinski definition) is 3. The van der Waals surface area contributed by atoms with E-state index in [1.165, 1.54) is 0 Å². The maximum atomic E-state index is 12.2. The topological polar surface area (TPSA) is 41.1 Å². The Bertz CT molecular complexity index is 246. The third kappa shape index (κ3) is 4.51. The predicted octanol–water partition coefficient (Wildman–Crippen LogP) is 1.88. The molecule has 3 unspecified atom stereocenters. The van der Waals surface area contributed by atoms with E-state index in [0.717, 1.165) is 25.3 Å². The number of amides is 1. The van der Waals surface area contributed by atoms with E-state index in [1.54, 1.807) is 11.8 Å².